The predicted octanol–water partition coefficient (Wildman–Crippen LogP) is 6.46. The fraction of sp³-hybridized carbons (Fsp3) is 0.538. The van der Waals surface area contributed by atoms with E-state index in [1.165, 1.54) is 37.7 Å². The molecule has 0 aliphatic heterocycles. The van der Waals surface area contributed by atoms with Gasteiger partial charge in [-0.3, -0.25) is 0 Å². The molecule has 0 spiro atoms. The Balaban J connectivity index is 1.73. The van der Waals surface area contributed by atoms with Gasteiger partial charge in [-0.15, -0.1) is 0 Å². The lowest BCUT2D eigenvalue weighted by Gasteiger charge is -2.26. The highest BCUT2D eigenvalue weighted by Gasteiger charge is 2.25. The molecule has 1 aromatic carbocycles. The van der Waals surface area contributed by atoms with Crippen LogP contribution in [0.15, 0.2) is 24.3 Å². The lowest BCUT2D eigenvalue weighted by molar-refractivity contribution is 0.304. The molecule has 1 unspecified atom stereocenters. The first kappa shape index (κ1) is 22.2. The monoisotopic (exact) mass is 405 g/mol. The highest BCUT2D eigenvalue weighted by atomic mass is 16.5. The van der Waals surface area contributed by atoms with E-state index >= 15 is 0 Å². The maximum absolute atomic E-state index is 9.77. The van der Waals surface area contributed by atoms with Crippen LogP contribution in [0.2, 0.25) is 0 Å². The summed E-state index contributed by atoms with van der Waals surface area (Å²) in [6, 6.07) is 10.4. The third-order valence-corrected chi connectivity index (χ3v) is 6.29. The Hall–Kier alpha value is -2.54. The number of benzene rings is 1. The Bertz CT molecular complexity index is 867. The van der Waals surface area contributed by atoms with E-state index in [1.54, 1.807) is 0 Å². The van der Waals surface area contributed by atoms with E-state index in [1.807, 2.05) is 12.1 Å². The topological polar surface area (TPSA) is 71.9 Å². The fourth-order valence-corrected chi connectivity index (χ4v) is 4.42. The van der Waals surface area contributed by atoms with Crippen molar-refractivity contribution < 1.29 is 4.74 Å². The summed E-state index contributed by atoms with van der Waals surface area (Å²) < 4.78 is 5.93. The predicted molar refractivity (Wildman–Crippen MR) is 123 cm³/mol. The van der Waals surface area contributed by atoms with Crippen LogP contribution >= 0.6 is 0 Å². The van der Waals surface area contributed by atoms with Gasteiger partial charge in [-0.05, 0) is 54.9 Å². The van der Waals surface area contributed by atoms with E-state index < -0.39 is 0 Å². The summed E-state index contributed by atoms with van der Waals surface area (Å²) in [5.41, 5.74) is 10.9. The molecule has 0 saturated heterocycles. The number of ether oxygens (including phenoxy) is 1. The minimum atomic E-state index is 0.351. The summed E-state index contributed by atoms with van der Waals surface area (Å²) in [5, 5.41) is 9.77. The number of nitriles is 1. The molecule has 0 amide bonds. The molecule has 3 rings (SSSR count). The van der Waals surface area contributed by atoms with E-state index in [9.17, 15) is 5.26 Å². The molecule has 2 N–H and O–H groups in total. The van der Waals surface area contributed by atoms with E-state index in [-0.39, 0.29) is 0 Å². The van der Waals surface area contributed by atoms with Crippen molar-refractivity contribution >= 4 is 5.82 Å². The average Bonchev–Trinajstić information content (AvgIpc) is 2.77. The number of hydrogen-bond acceptors (Lipinski definition) is 4. The highest BCUT2D eigenvalue weighted by Crippen LogP contribution is 2.38. The van der Waals surface area contributed by atoms with Crippen molar-refractivity contribution in [3.63, 3.8) is 0 Å². The summed E-state index contributed by atoms with van der Waals surface area (Å²) in [4.78, 5) is 4.56. The zero-order valence-electron chi connectivity index (χ0n) is 18.5. The largest absolute Gasteiger partial charge is 0.494 e. The summed E-state index contributed by atoms with van der Waals surface area (Å²) in [7, 11) is 0. The normalized spacial score (nSPS) is 15.4. The van der Waals surface area contributed by atoms with Crippen molar-refractivity contribution in [1.29, 1.82) is 5.26 Å². The molecule has 1 aliphatic carbocycles. The minimum Gasteiger partial charge on any atom is -0.494 e. The number of anilines is 1. The van der Waals surface area contributed by atoms with Crippen molar-refractivity contribution in [2.75, 3.05) is 12.3 Å². The lowest BCUT2D eigenvalue weighted by Crippen LogP contribution is -2.18. The number of nitrogen functional groups attached to an aromatic ring is 1. The highest BCUT2D eigenvalue weighted by molar-refractivity contribution is 5.79. The summed E-state index contributed by atoms with van der Waals surface area (Å²) in [5.74, 6) is 1.88. The maximum Gasteiger partial charge on any atom is 0.142 e. The van der Waals surface area contributed by atoms with E-state index in [2.05, 4.69) is 37.0 Å². The number of nitrogens with zero attached hydrogens (tertiary/aromatic N) is 2. The molecule has 1 atom stereocenters. The van der Waals surface area contributed by atoms with Gasteiger partial charge in [-0.2, -0.15) is 5.26 Å². The van der Waals surface area contributed by atoms with Crippen molar-refractivity contribution in [2.24, 2.45) is 5.92 Å². The zero-order chi connectivity index (χ0) is 21.3. The minimum absolute atomic E-state index is 0.351. The first-order chi connectivity index (χ1) is 14.7. The SMILES string of the molecule is CCCCCCCCOc1ccc(-c2c(C#N)c(N)nc3c2CC(CC)CC3)cc1. The smallest absolute Gasteiger partial charge is 0.142 e. The van der Waals surface area contributed by atoms with Gasteiger partial charge in [-0.1, -0.05) is 64.5 Å². The van der Waals surface area contributed by atoms with Crippen LogP contribution in [0.25, 0.3) is 11.1 Å². The van der Waals surface area contributed by atoms with Gasteiger partial charge in [-0.25, -0.2) is 4.98 Å². The number of rotatable bonds is 10. The fourth-order valence-electron chi connectivity index (χ4n) is 4.42. The van der Waals surface area contributed by atoms with E-state index in [4.69, 9.17) is 10.5 Å². The van der Waals surface area contributed by atoms with Gasteiger partial charge in [0.2, 0.25) is 0 Å². The van der Waals surface area contributed by atoms with Gasteiger partial charge in [0.05, 0.1) is 6.61 Å². The molecule has 4 nitrogen and oxygen atoms in total. The lowest BCUT2D eigenvalue weighted by atomic mass is 9.80. The van der Waals surface area contributed by atoms with Crippen molar-refractivity contribution in [1.82, 2.24) is 4.98 Å². The van der Waals surface area contributed by atoms with Crippen molar-refractivity contribution in [2.45, 2.75) is 78.1 Å². The van der Waals surface area contributed by atoms with Crippen LogP contribution in [-0.2, 0) is 12.8 Å². The van der Waals surface area contributed by atoms with Gasteiger partial charge in [0.25, 0.3) is 0 Å². The van der Waals surface area contributed by atoms with Crippen LogP contribution in [0.3, 0.4) is 0 Å². The van der Waals surface area contributed by atoms with Crippen LogP contribution in [0.4, 0.5) is 5.82 Å². The Morgan fingerprint density at radius 3 is 2.53 bits per heavy atom. The molecule has 0 radical (unpaired) electrons. The van der Waals surface area contributed by atoms with Gasteiger partial charge in [0.15, 0.2) is 0 Å². The molecule has 160 valence electrons. The molecule has 0 bridgehead atoms. The molecule has 2 aromatic rings. The maximum atomic E-state index is 9.77. The number of nitrogens with two attached hydrogens (primary N) is 1. The number of fused-ring (bicyclic) bond motifs is 1. The number of aromatic nitrogens is 1. The second-order valence-corrected chi connectivity index (χ2v) is 8.44. The first-order valence-corrected chi connectivity index (χ1v) is 11.6. The number of aryl methyl sites for hydroxylation is 1. The third-order valence-electron chi connectivity index (χ3n) is 6.29. The summed E-state index contributed by atoms with van der Waals surface area (Å²) in [6.07, 6.45) is 11.8. The van der Waals surface area contributed by atoms with Crippen LogP contribution < -0.4 is 10.5 Å². The summed E-state index contributed by atoms with van der Waals surface area (Å²) in [6.45, 7) is 5.23. The van der Waals surface area contributed by atoms with Gasteiger partial charge in [0, 0.05) is 11.3 Å². The standard InChI is InChI=1S/C26H35N3O/c1-3-5-6-7-8-9-16-30-21-13-11-20(12-14-21)25-22-17-19(4-2)10-15-24(22)29-26(28)23(25)18-27/h11-14,19H,3-10,15-17H2,1-2H3,(H2,28,29). The third kappa shape index (κ3) is 5.33. The van der Waals surface area contributed by atoms with E-state index in [0.29, 0.717) is 17.3 Å². The second-order valence-electron chi connectivity index (χ2n) is 8.44. The summed E-state index contributed by atoms with van der Waals surface area (Å²) >= 11 is 0. The molecule has 4 heteroatoms. The molecule has 1 heterocycles. The Morgan fingerprint density at radius 1 is 1.10 bits per heavy atom. The quantitative estimate of drug-likeness (QED) is 0.461. The average molecular weight is 406 g/mol. The van der Waals surface area contributed by atoms with Crippen LogP contribution in [0.1, 0.15) is 82.0 Å². The van der Waals surface area contributed by atoms with Gasteiger partial charge >= 0.3 is 0 Å². The number of unbranched alkanes of at least 4 members (excludes halogenated alkanes) is 5. The first-order valence-electron chi connectivity index (χ1n) is 11.6. The zero-order valence-corrected chi connectivity index (χ0v) is 18.5. The molecule has 30 heavy (non-hydrogen) atoms. The Labute approximate surface area is 181 Å². The molecular weight excluding hydrogens is 370 g/mol. The number of hydrogen-bond donors (Lipinski definition) is 1. The van der Waals surface area contributed by atoms with Crippen LogP contribution in [0, 0.1) is 17.2 Å². The van der Waals surface area contributed by atoms with Crippen molar-refractivity contribution in [3.8, 4) is 22.9 Å². The van der Waals surface area contributed by atoms with Gasteiger partial charge in [0.1, 0.15) is 23.2 Å². The van der Waals surface area contributed by atoms with Crippen molar-refractivity contribution in [3.05, 3.63) is 41.1 Å². The molecule has 1 aliphatic rings. The van der Waals surface area contributed by atoms with Gasteiger partial charge < -0.3 is 10.5 Å². The second kappa shape index (κ2) is 11.0. The number of pyridine rings is 1. The Kier molecular flexibility index (Phi) is 8.13. The van der Waals surface area contributed by atoms with E-state index in [0.717, 1.165) is 61.3 Å². The van der Waals surface area contributed by atoms with Crippen LogP contribution in [-0.4, -0.2) is 11.6 Å². The molecule has 0 saturated carbocycles. The van der Waals surface area contributed by atoms with Crippen LogP contribution in [0.5, 0.6) is 5.75 Å². The molecular formula is C26H35N3O. The molecule has 1 aromatic heterocycles. The Morgan fingerprint density at radius 2 is 1.83 bits per heavy atom. The molecule has 0 fully saturated rings.